The smallest absolute Gasteiger partial charge is 0.245 e. The first kappa shape index (κ1) is 13.5. The molecule has 1 heterocycles. The van der Waals surface area contributed by atoms with Gasteiger partial charge in [0.15, 0.2) is 0 Å². The van der Waals surface area contributed by atoms with Crippen LogP contribution in [0.3, 0.4) is 0 Å². The van der Waals surface area contributed by atoms with Gasteiger partial charge in [-0.05, 0) is 12.1 Å². The number of ketones is 2. The zero-order chi connectivity index (χ0) is 16.0. The molecule has 0 spiro atoms. The normalized spacial score (nSPS) is 12.7. The van der Waals surface area contributed by atoms with Crippen LogP contribution in [0.25, 0.3) is 5.69 Å². The Morgan fingerprint density at radius 1 is 0.870 bits per heavy atom. The Bertz CT molecular complexity index is 942. The molecule has 0 saturated carbocycles. The highest BCUT2D eigenvalue weighted by Crippen LogP contribution is 2.34. The summed E-state index contributed by atoms with van der Waals surface area (Å²) in [6.45, 7) is 0. The SMILES string of the molecule is COc1nn(-c2ccccc2)c2c1C(=O)c1ccccc1C2=O. The number of para-hydroxylation sites is 1. The number of methoxy groups -OCH3 is 1. The summed E-state index contributed by atoms with van der Waals surface area (Å²) < 4.78 is 6.72. The van der Waals surface area contributed by atoms with Crippen LogP contribution >= 0.6 is 0 Å². The van der Waals surface area contributed by atoms with E-state index in [1.807, 2.05) is 30.3 Å². The van der Waals surface area contributed by atoms with Crippen LogP contribution in [0, 0.1) is 0 Å². The zero-order valence-corrected chi connectivity index (χ0v) is 12.3. The van der Waals surface area contributed by atoms with E-state index in [0.29, 0.717) is 16.8 Å². The van der Waals surface area contributed by atoms with Crippen molar-refractivity contribution < 1.29 is 14.3 Å². The molecule has 0 radical (unpaired) electrons. The van der Waals surface area contributed by atoms with E-state index in [-0.39, 0.29) is 28.7 Å². The Morgan fingerprint density at radius 3 is 2.13 bits per heavy atom. The minimum absolute atomic E-state index is 0.164. The van der Waals surface area contributed by atoms with E-state index in [4.69, 9.17) is 4.74 Å². The van der Waals surface area contributed by atoms with Crippen molar-refractivity contribution in [1.29, 1.82) is 0 Å². The number of benzene rings is 2. The number of rotatable bonds is 2. The highest BCUT2D eigenvalue weighted by Gasteiger charge is 2.37. The molecule has 0 unspecified atom stereocenters. The molecule has 0 saturated heterocycles. The maximum atomic E-state index is 12.9. The maximum Gasteiger partial charge on any atom is 0.245 e. The quantitative estimate of drug-likeness (QED) is 0.571. The highest BCUT2D eigenvalue weighted by atomic mass is 16.5. The average molecular weight is 304 g/mol. The van der Waals surface area contributed by atoms with Crippen molar-refractivity contribution in [3.8, 4) is 11.6 Å². The Morgan fingerprint density at radius 2 is 1.48 bits per heavy atom. The largest absolute Gasteiger partial charge is 0.479 e. The maximum absolute atomic E-state index is 12.9. The van der Waals surface area contributed by atoms with Crippen LogP contribution in [0.5, 0.6) is 5.88 Å². The lowest BCUT2D eigenvalue weighted by Gasteiger charge is -2.15. The topological polar surface area (TPSA) is 61.2 Å². The first-order valence-corrected chi connectivity index (χ1v) is 7.13. The third-order valence-electron chi connectivity index (χ3n) is 3.91. The van der Waals surface area contributed by atoms with Gasteiger partial charge in [0.25, 0.3) is 0 Å². The molecule has 0 aliphatic heterocycles. The summed E-state index contributed by atoms with van der Waals surface area (Å²) in [6, 6.07) is 16.0. The number of carbonyl (C=O) groups is 2. The number of ether oxygens (including phenoxy) is 1. The second kappa shape index (κ2) is 4.91. The predicted octanol–water partition coefficient (Wildman–Crippen LogP) is 2.66. The van der Waals surface area contributed by atoms with E-state index in [2.05, 4.69) is 5.10 Å². The molecule has 2 aromatic carbocycles. The molecule has 23 heavy (non-hydrogen) atoms. The zero-order valence-electron chi connectivity index (χ0n) is 12.3. The van der Waals surface area contributed by atoms with E-state index in [1.165, 1.54) is 11.8 Å². The third kappa shape index (κ3) is 1.83. The van der Waals surface area contributed by atoms with Crippen molar-refractivity contribution in [2.75, 3.05) is 7.11 Å². The summed E-state index contributed by atoms with van der Waals surface area (Å²) in [7, 11) is 1.44. The van der Waals surface area contributed by atoms with Crippen LogP contribution in [0.15, 0.2) is 54.6 Å². The van der Waals surface area contributed by atoms with Crippen molar-refractivity contribution in [2.24, 2.45) is 0 Å². The van der Waals surface area contributed by atoms with Crippen molar-refractivity contribution in [1.82, 2.24) is 9.78 Å². The minimum Gasteiger partial charge on any atom is -0.479 e. The van der Waals surface area contributed by atoms with E-state index in [1.54, 1.807) is 24.3 Å². The highest BCUT2D eigenvalue weighted by molar-refractivity contribution is 6.28. The molecular formula is C18H12N2O3. The second-order valence-electron chi connectivity index (χ2n) is 5.18. The Labute approximate surface area is 132 Å². The van der Waals surface area contributed by atoms with Gasteiger partial charge in [-0.1, -0.05) is 42.5 Å². The van der Waals surface area contributed by atoms with Crippen molar-refractivity contribution in [2.45, 2.75) is 0 Å². The fourth-order valence-electron chi connectivity index (χ4n) is 2.85. The summed E-state index contributed by atoms with van der Waals surface area (Å²) in [5.74, 6) is -0.305. The van der Waals surface area contributed by atoms with Gasteiger partial charge in [0, 0.05) is 11.1 Å². The van der Waals surface area contributed by atoms with Gasteiger partial charge >= 0.3 is 0 Å². The number of fused-ring (bicyclic) bond motifs is 2. The minimum atomic E-state index is -0.241. The number of carbonyl (C=O) groups excluding carboxylic acids is 2. The molecule has 3 aromatic rings. The second-order valence-corrected chi connectivity index (χ2v) is 5.18. The first-order valence-electron chi connectivity index (χ1n) is 7.13. The predicted molar refractivity (Wildman–Crippen MR) is 83.4 cm³/mol. The Kier molecular flexibility index (Phi) is 2.87. The van der Waals surface area contributed by atoms with Crippen molar-refractivity contribution in [3.63, 3.8) is 0 Å². The van der Waals surface area contributed by atoms with Gasteiger partial charge in [0.05, 0.1) is 12.8 Å². The standard InChI is InChI=1S/C18H12N2O3/c1-23-18-14-15(20(19-18)11-7-3-2-4-8-11)17(22)13-10-6-5-9-12(13)16(14)21/h2-10H,1H3. The van der Waals surface area contributed by atoms with Crippen LogP contribution < -0.4 is 4.74 Å². The lowest BCUT2D eigenvalue weighted by Crippen LogP contribution is -2.22. The van der Waals surface area contributed by atoms with Gasteiger partial charge in [-0.2, -0.15) is 0 Å². The summed E-state index contributed by atoms with van der Waals surface area (Å²) in [5, 5.41) is 4.32. The molecule has 1 aliphatic rings. The van der Waals surface area contributed by atoms with Crippen molar-refractivity contribution in [3.05, 3.63) is 77.0 Å². The van der Waals surface area contributed by atoms with Gasteiger partial charge < -0.3 is 4.74 Å². The summed E-state index contributed by atoms with van der Waals surface area (Å²) in [4.78, 5) is 25.7. The molecule has 112 valence electrons. The van der Waals surface area contributed by atoms with Gasteiger partial charge in [0.2, 0.25) is 17.4 Å². The number of nitrogens with zero attached hydrogens (tertiary/aromatic N) is 2. The summed E-state index contributed by atoms with van der Waals surface area (Å²) in [6.07, 6.45) is 0. The monoisotopic (exact) mass is 304 g/mol. The van der Waals surface area contributed by atoms with Crippen LogP contribution in [-0.4, -0.2) is 28.5 Å². The van der Waals surface area contributed by atoms with Crippen LogP contribution in [-0.2, 0) is 0 Å². The van der Waals surface area contributed by atoms with E-state index >= 15 is 0 Å². The lowest BCUT2D eigenvalue weighted by atomic mass is 9.88. The van der Waals surface area contributed by atoms with Crippen LogP contribution in [0.1, 0.15) is 32.0 Å². The Balaban J connectivity index is 2.04. The summed E-state index contributed by atoms with van der Waals surface area (Å²) >= 11 is 0. The third-order valence-corrected chi connectivity index (χ3v) is 3.91. The molecule has 1 aliphatic carbocycles. The molecule has 4 rings (SSSR count). The molecule has 0 N–H and O–H groups in total. The average Bonchev–Trinajstić information content (AvgIpc) is 3.00. The van der Waals surface area contributed by atoms with E-state index < -0.39 is 0 Å². The van der Waals surface area contributed by atoms with E-state index in [0.717, 1.165) is 0 Å². The first-order chi connectivity index (χ1) is 11.2. The fraction of sp³-hybridized carbons (Fsp3) is 0.0556. The lowest BCUT2D eigenvalue weighted by molar-refractivity contribution is 0.0973. The molecule has 0 amide bonds. The number of hydrogen-bond donors (Lipinski definition) is 0. The molecular weight excluding hydrogens is 292 g/mol. The summed E-state index contributed by atoms with van der Waals surface area (Å²) in [5.41, 5.74) is 1.95. The van der Waals surface area contributed by atoms with Crippen LogP contribution in [0.4, 0.5) is 0 Å². The number of hydrogen-bond acceptors (Lipinski definition) is 4. The van der Waals surface area contributed by atoms with Crippen molar-refractivity contribution >= 4 is 11.6 Å². The van der Waals surface area contributed by atoms with Gasteiger partial charge in [0.1, 0.15) is 11.3 Å². The van der Waals surface area contributed by atoms with Gasteiger partial charge in [-0.15, -0.1) is 5.10 Å². The molecule has 5 heteroatoms. The van der Waals surface area contributed by atoms with Gasteiger partial charge in [-0.25, -0.2) is 4.68 Å². The molecule has 0 bridgehead atoms. The molecule has 0 fully saturated rings. The van der Waals surface area contributed by atoms with E-state index in [9.17, 15) is 9.59 Å². The fourth-order valence-corrected chi connectivity index (χ4v) is 2.85. The van der Waals surface area contributed by atoms with Crippen LogP contribution in [0.2, 0.25) is 0 Å². The van der Waals surface area contributed by atoms with Gasteiger partial charge in [-0.3, -0.25) is 9.59 Å². The number of aromatic nitrogens is 2. The Hall–Kier alpha value is -3.21. The molecule has 1 aromatic heterocycles. The molecule has 0 atom stereocenters. The molecule has 5 nitrogen and oxygen atoms in total.